The zero-order chi connectivity index (χ0) is 18.9. The third-order valence-corrected chi connectivity index (χ3v) is 4.33. The van der Waals surface area contributed by atoms with Crippen molar-refractivity contribution in [2.45, 2.75) is 19.3 Å². The van der Waals surface area contributed by atoms with E-state index >= 15 is 0 Å². The Balaban J connectivity index is 1.46. The normalized spacial score (nSPS) is 10.4. The SMILES string of the molecule is O=C(OCCCCc1cccc(C(=O)c2ccccc2)c1)c1ccccc1. The predicted molar refractivity (Wildman–Crippen MR) is 106 cm³/mol. The largest absolute Gasteiger partial charge is 0.462 e. The minimum atomic E-state index is -0.286. The zero-order valence-corrected chi connectivity index (χ0v) is 15.1. The summed E-state index contributed by atoms with van der Waals surface area (Å²) >= 11 is 0. The molecular weight excluding hydrogens is 336 g/mol. The molecule has 0 N–H and O–H groups in total. The first kappa shape index (κ1) is 18.6. The second-order valence-electron chi connectivity index (χ2n) is 6.35. The minimum Gasteiger partial charge on any atom is -0.462 e. The summed E-state index contributed by atoms with van der Waals surface area (Å²) in [6, 6.07) is 26.0. The van der Waals surface area contributed by atoms with E-state index in [2.05, 4.69) is 0 Å². The van der Waals surface area contributed by atoms with Gasteiger partial charge in [0.1, 0.15) is 0 Å². The van der Waals surface area contributed by atoms with Crippen molar-refractivity contribution in [3.05, 3.63) is 107 Å². The molecule has 3 nitrogen and oxygen atoms in total. The van der Waals surface area contributed by atoms with Crippen molar-refractivity contribution in [1.82, 2.24) is 0 Å². The van der Waals surface area contributed by atoms with E-state index in [1.54, 1.807) is 12.1 Å². The fraction of sp³-hybridized carbons (Fsp3) is 0.167. The lowest BCUT2D eigenvalue weighted by Crippen LogP contribution is -2.06. The van der Waals surface area contributed by atoms with Gasteiger partial charge < -0.3 is 4.74 Å². The van der Waals surface area contributed by atoms with Gasteiger partial charge in [0.2, 0.25) is 0 Å². The number of hydrogen-bond acceptors (Lipinski definition) is 3. The van der Waals surface area contributed by atoms with Crippen LogP contribution < -0.4 is 0 Å². The molecular formula is C24H22O3. The van der Waals surface area contributed by atoms with Crippen molar-refractivity contribution in [3.63, 3.8) is 0 Å². The second-order valence-corrected chi connectivity index (χ2v) is 6.35. The highest BCUT2D eigenvalue weighted by molar-refractivity contribution is 6.09. The van der Waals surface area contributed by atoms with Crippen LogP contribution in [0.2, 0.25) is 0 Å². The highest BCUT2D eigenvalue weighted by Crippen LogP contribution is 2.14. The monoisotopic (exact) mass is 358 g/mol. The summed E-state index contributed by atoms with van der Waals surface area (Å²) in [6.07, 6.45) is 2.53. The molecule has 0 aromatic heterocycles. The molecule has 0 saturated heterocycles. The minimum absolute atomic E-state index is 0.0363. The maximum absolute atomic E-state index is 12.5. The van der Waals surface area contributed by atoms with Crippen LogP contribution in [0.3, 0.4) is 0 Å². The number of unbranched alkanes of at least 4 members (excludes halogenated alkanes) is 1. The van der Waals surface area contributed by atoms with Gasteiger partial charge in [-0.25, -0.2) is 4.79 Å². The number of ether oxygens (including phenoxy) is 1. The molecule has 0 aliphatic heterocycles. The fourth-order valence-corrected chi connectivity index (χ4v) is 2.88. The number of esters is 1. The third kappa shape index (κ3) is 5.38. The standard InChI is InChI=1S/C24H22O3/c25-23(20-12-3-1-4-13-20)22-16-9-11-19(18-22)10-7-8-17-27-24(26)21-14-5-2-6-15-21/h1-6,9,11-16,18H,7-8,10,17H2. The molecule has 0 amide bonds. The van der Waals surface area contributed by atoms with E-state index < -0.39 is 0 Å². The van der Waals surface area contributed by atoms with Crippen LogP contribution in [0.4, 0.5) is 0 Å². The Morgan fingerprint density at radius 3 is 2.00 bits per heavy atom. The molecule has 3 heteroatoms. The van der Waals surface area contributed by atoms with Gasteiger partial charge in [0.25, 0.3) is 0 Å². The Kier molecular flexibility index (Phi) is 6.53. The molecule has 3 aromatic rings. The van der Waals surface area contributed by atoms with E-state index in [9.17, 15) is 9.59 Å². The number of benzene rings is 3. The molecule has 0 saturated carbocycles. The molecule has 0 unspecified atom stereocenters. The third-order valence-electron chi connectivity index (χ3n) is 4.33. The van der Waals surface area contributed by atoms with Crippen LogP contribution in [0.15, 0.2) is 84.9 Å². The van der Waals surface area contributed by atoms with Gasteiger partial charge >= 0.3 is 5.97 Å². The first-order valence-electron chi connectivity index (χ1n) is 9.15. The maximum Gasteiger partial charge on any atom is 0.338 e. The van der Waals surface area contributed by atoms with Gasteiger partial charge in [0, 0.05) is 11.1 Å². The molecule has 3 rings (SSSR count). The van der Waals surface area contributed by atoms with Gasteiger partial charge in [-0.2, -0.15) is 0 Å². The van der Waals surface area contributed by atoms with Gasteiger partial charge in [0.05, 0.1) is 12.2 Å². The maximum atomic E-state index is 12.5. The van der Waals surface area contributed by atoms with Crippen LogP contribution in [-0.4, -0.2) is 18.4 Å². The fourth-order valence-electron chi connectivity index (χ4n) is 2.88. The van der Waals surface area contributed by atoms with E-state index in [1.165, 1.54) is 0 Å². The lowest BCUT2D eigenvalue weighted by atomic mass is 9.99. The summed E-state index contributed by atoms with van der Waals surface area (Å²) in [5, 5.41) is 0. The molecule has 0 bridgehead atoms. The Morgan fingerprint density at radius 2 is 1.30 bits per heavy atom. The van der Waals surface area contributed by atoms with Crippen LogP contribution in [0, 0.1) is 0 Å². The van der Waals surface area contributed by atoms with Crippen LogP contribution in [0.25, 0.3) is 0 Å². The van der Waals surface area contributed by atoms with E-state index in [4.69, 9.17) is 4.74 Å². The number of rotatable bonds is 8. The van der Waals surface area contributed by atoms with Crippen molar-refractivity contribution in [2.24, 2.45) is 0 Å². The number of ketones is 1. The highest BCUT2D eigenvalue weighted by atomic mass is 16.5. The Bertz CT molecular complexity index is 886. The number of carbonyl (C=O) groups is 2. The Labute approximate surface area is 159 Å². The molecule has 0 fully saturated rings. The van der Waals surface area contributed by atoms with Crippen molar-refractivity contribution in [3.8, 4) is 0 Å². The van der Waals surface area contributed by atoms with Crippen LogP contribution in [0.1, 0.15) is 44.7 Å². The summed E-state index contributed by atoms with van der Waals surface area (Å²) in [5.41, 5.74) is 3.09. The zero-order valence-electron chi connectivity index (χ0n) is 15.1. The summed E-state index contributed by atoms with van der Waals surface area (Å²) in [4.78, 5) is 24.4. The Hall–Kier alpha value is -3.20. The van der Waals surface area contributed by atoms with E-state index in [1.807, 2.05) is 72.8 Å². The van der Waals surface area contributed by atoms with E-state index in [0.29, 0.717) is 23.3 Å². The van der Waals surface area contributed by atoms with Gasteiger partial charge in [-0.1, -0.05) is 66.7 Å². The molecule has 0 spiro atoms. The molecule has 0 atom stereocenters. The van der Waals surface area contributed by atoms with E-state index in [-0.39, 0.29) is 11.8 Å². The van der Waals surface area contributed by atoms with Crippen LogP contribution in [-0.2, 0) is 11.2 Å². The Morgan fingerprint density at radius 1 is 0.667 bits per heavy atom. The molecule has 0 aliphatic rings. The van der Waals surface area contributed by atoms with Crippen molar-refractivity contribution in [1.29, 1.82) is 0 Å². The summed E-state index contributed by atoms with van der Waals surface area (Å²) < 4.78 is 5.29. The second kappa shape index (κ2) is 9.48. The number of aryl methyl sites for hydroxylation is 1. The first-order valence-corrected chi connectivity index (χ1v) is 9.15. The molecule has 27 heavy (non-hydrogen) atoms. The topological polar surface area (TPSA) is 43.4 Å². The molecule has 0 aliphatic carbocycles. The summed E-state index contributed by atoms with van der Waals surface area (Å²) in [7, 11) is 0. The molecule has 0 radical (unpaired) electrons. The van der Waals surface area contributed by atoms with Crippen molar-refractivity contribution < 1.29 is 14.3 Å². The predicted octanol–water partition coefficient (Wildman–Crippen LogP) is 5.10. The lowest BCUT2D eigenvalue weighted by Gasteiger charge is -2.07. The van der Waals surface area contributed by atoms with Gasteiger partial charge in [-0.3, -0.25) is 4.79 Å². The summed E-state index contributed by atoms with van der Waals surface area (Å²) in [5.74, 6) is -0.250. The van der Waals surface area contributed by atoms with Gasteiger partial charge in [0.15, 0.2) is 5.78 Å². The van der Waals surface area contributed by atoms with Gasteiger partial charge in [-0.05, 0) is 43.0 Å². The summed E-state index contributed by atoms with van der Waals surface area (Å²) in [6.45, 7) is 0.399. The van der Waals surface area contributed by atoms with E-state index in [0.717, 1.165) is 24.8 Å². The molecule has 3 aromatic carbocycles. The molecule has 0 heterocycles. The smallest absolute Gasteiger partial charge is 0.338 e. The quantitative estimate of drug-likeness (QED) is 0.320. The molecule has 136 valence electrons. The number of carbonyl (C=O) groups excluding carboxylic acids is 2. The van der Waals surface area contributed by atoms with Crippen LogP contribution >= 0.6 is 0 Å². The number of hydrogen-bond donors (Lipinski definition) is 0. The lowest BCUT2D eigenvalue weighted by molar-refractivity contribution is 0.0498. The van der Waals surface area contributed by atoms with Gasteiger partial charge in [-0.15, -0.1) is 0 Å². The van der Waals surface area contributed by atoms with Crippen molar-refractivity contribution >= 4 is 11.8 Å². The van der Waals surface area contributed by atoms with Crippen molar-refractivity contribution in [2.75, 3.05) is 6.61 Å². The first-order chi connectivity index (χ1) is 13.2. The van der Waals surface area contributed by atoms with Crippen LogP contribution in [0.5, 0.6) is 0 Å². The average Bonchev–Trinajstić information content (AvgIpc) is 2.74. The highest BCUT2D eigenvalue weighted by Gasteiger charge is 2.09. The average molecular weight is 358 g/mol.